The van der Waals surface area contributed by atoms with E-state index in [0.717, 1.165) is 37.8 Å². The van der Waals surface area contributed by atoms with Crippen molar-refractivity contribution in [2.75, 3.05) is 0 Å². The lowest BCUT2D eigenvalue weighted by molar-refractivity contribution is -0.133. The lowest BCUT2D eigenvalue weighted by Gasteiger charge is -2.27. The third-order valence-corrected chi connectivity index (χ3v) is 4.91. The van der Waals surface area contributed by atoms with Crippen LogP contribution in [-0.2, 0) is 4.79 Å². The number of hydrazone groups is 1. The SMILES string of the molecule is O=C1CC(C2CCCC2)=NN1C1CCCCCC1O. The lowest BCUT2D eigenvalue weighted by Crippen LogP contribution is -2.41. The van der Waals surface area contributed by atoms with E-state index in [1.165, 1.54) is 25.7 Å². The van der Waals surface area contributed by atoms with E-state index in [4.69, 9.17) is 0 Å². The highest BCUT2D eigenvalue weighted by Gasteiger charge is 2.37. The highest BCUT2D eigenvalue weighted by Crippen LogP contribution is 2.32. The molecular formula is C15H24N2O2. The topological polar surface area (TPSA) is 52.9 Å². The van der Waals surface area contributed by atoms with Gasteiger partial charge in [0.15, 0.2) is 0 Å². The molecule has 3 aliphatic rings. The summed E-state index contributed by atoms with van der Waals surface area (Å²) in [7, 11) is 0. The summed E-state index contributed by atoms with van der Waals surface area (Å²) >= 11 is 0. The minimum absolute atomic E-state index is 0.0751. The third kappa shape index (κ3) is 2.69. The Kier molecular flexibility index (Phi) is 3.87. The van der Waals surface area contributed by atoms with E-state index < -0.39 is 6.10 Å². The standard InChI is InChI=1S/C15H24N2O2/c18-14-9-3-1-2-8-13(14)17-15(19)10-12(16-17)11-6-4-5-7-11/h11,13-14,18H,1-10H2. The van der Waals surface area contributed by atoms with Crippen molar-refractivity contribution in [2.24, 2.45) is 11.0 Å². The molecular weight excluding hydrogens is 240 g/mol. The molecule has 1 amide bonds. The first-order valence-electron chi connectivity index (χ1n) is 7.83. The van der Waals surface area contributed by atoms with Crippen molar-refractivity contribution in [1.82, 2.24) is 5.01 Å². The molecule has 0 aromatic rings. The van der Waals surface area contributed by atoms with Crippen molar-refractivity contribution in [3.05, 3.63) is 0 Å². The predicted octanol–water partition coefficient (Wildman–Crippen LogP) is 2.46. The molecule has 1 aliphatic heterocycles. The fourth-order valence-corrected chi connectivity index (χ4v) is 3.76. The van der Waals surface area contributed by atoms with Gasteiger partial charge in [-0.1, -0.05) is 32.1 Å². The predicted molar refractivity (Wildman–Crippen MR) is 73.7 cm³/mol. The summed E-state index contributed by atoms with van der Waals surface area (Å²) in [5.41, 5.74) is 1.08. The Hall–Kier alpha value is -0.900. The number of hydrogen-bond acceptors (Lipinski definition) is 3. The maximum Gasteiger partial charge on any atom is 0.248 e. The zero-order valence-electron chi connectivity index (χ0n) is 11.6. The molecule has 2 saturated carbocycles. The number of rotatable bonds is 2. The molecule has 4 nitrogen and oxygen atoms in total. The van der Waals surface area contributed by atoms with Crippen molar-refractivity contribution in [3.63, 3.8) is 0 Å². The molecule has 0 bridgehead atoms. The van der Waals surface area contributed by atoms with Crippen LogP contribution in [0.25, 0.3) is 0 Å². The Morgan fingerprint density at radius 2 is 1.68 bits per heavy atom. The summed E-state index contributed by atoms with van der Waals surface area (Å²) in [5.74, 6) is 0.629. The first kappa shape index (κ1) is 13.1. The molecule has 0 spiro atoms. The first-order chi connectivity index (χ1) is 9.25. The van der Waals surface area contributed by atoms with Crippen LogP contribution in [-0.4, -0.2) is 33.9 Å². The van der Waals surface area contributed by atoms with Gasteiger partial charge in [-0.15, -0.1) is 0 Å². The van der Waals surface area contributed by atoms with Crippen molar-refractivity contribution in [3.8, 4) is 0 Å². The average molecular weight is 264 g/mol. The number of aliphatic hydroxyl groups excluding tert-OH is 1. The van der Waals surface area contributed by atoms with Crippen LogP contribution in [0.3, 0.4) is 0 Å². The summed E-state index contributed by atoms with van der Waals surface area (Å²) in [6.07, 6.45) is 10.0. The summed E-state index contributed by atoms with van der Waals surface area (Å²) < 4.78 is 0. The largest absolute Gasteiger partial charge is 0.391 e. The molecule has 106 valence electrons. The molecule has 0 radical (unpaired) electrons. The number of carbonyl (C=O) groups excluding carboxylic acids is 1. The lowest BCUT2D eigenvalue weighted by atomic mass is 9.99. The highest BCUT2D eigenvalue weighted by atomic mass is 16.3. The van der Waals surface area contributed by atoms with E-state index in [1.54, 1.807) is 5.01 Å². The molecule has 0 aromatic carbocycles. The Morgan fingerprint density at radius 1 is 1.00 bits per heavy atom. The van der Waals surface area contributed by atoms with Crippen molar-refractivity contribution >= 4 is 11.6 Å². The number of amides is 1. The number of aliphatic hydroxyl groups is 1. The first-order valence-corrected chi connectivity index (χ1v) is 7.83. The Balaban J connectivity index is 1.73. The van der Waals surface area contributed by atoms with Crippen molar-refractivity contribution < 1.29 is 9.90 Å². The summed E-state index contributed by atoms with van der Waals surface area (Å²) in [6.45, 7) is 0. The molecule has 4 heteroatoms. The van der Waals surface area contributed by atoms with Gasteiger partial charge in [0.1, 0.15) is 0 Å². The van der Waals surface area contributed by atoms with Gasteiger partial charge in [-0.2, -0.15) is 5.10 Å². The third-order valence-electron chi connectivity index (χ3n) is 4.91. The average Bonchev–Trinajstić information content (AvgIpc) is 2.99. The van der Waals surface area contributed by atoms with Crippen LogP contribution in [0.5, 0.6) is 0 Å². The number of hydrogen-bond donors (Lipinski definition) is 1. The van der Waals surface area contributed by atoms with Gasteiger partial charge in [-0.05, 0) is 31.6 Å². The Morgan fingerprint density at radius 3 is 2.47 bits per heavy atom. The number of nitrogens with zero attached hydrogens (tertiary/aromatic N) is 2. The van der Waals surface area contributed by atoms with E-state index >= 15 is 0 Å². The van der Waals surface area contributed by atoms with Gasteiger partial charge < -0.3 is 5.11 Å². The van der Waals surface area contributed by atoms with Crippen LogP contribution < -0.4 is 0 Å². The van der Waals surface area contributed by atoms with E-state index in [2.05, 4.69) is 5.10 Å². The van der Waals surface area contributed by atoms with Crippen LogP contribution in [0.2, 0.25) is 0 Å². The molecule has 1 N–H and O–H groups in total. The van der Waals surface area contributed by atoms with Gasteiger partial charge in [0, 0.05) is 0 Å². The van der Waals surface area contributed by atoms with E-state index in [1.807, 2.05) is 0 Å². The maximum atomic E-state index is 12.2. The molecule has 2 unspecified atom stereocenters. The van der Waals surface area contributed by atoms with Gasteiger partial charge in [0.25, 0.3) is 0 Å². The molecule has 0 aromatic heterocycles. The molecule has 0 saturated heterocycles. The summed E-state index contributed by atoms with van der Waals surface area (Å²) in [4.78, 5) is 12.2. The molecule has 3 rings (SSSR count). The quantitative estimate of drug-likeness (QED) is 0.779. The normalized spacial score (nSPS) is 33.6. The zero-order valence-corrected chi connectivity index (χ0v) is 11.6. The fraction of sp³-hybridized carbons (Fsp3) is 0.867. The number of carbonyl (C=O) groups is 1. The second-order valence-electron chi connectivity index (χ2n) is 6.26. The minimum Gasteiger partial charge on any atom is -0.391 e. The van der Waals surface area contributed by atoms with E-state index in [-0.39, 0.29) is 11.9 Å². The van der Waals surface area contributed by atoms with Gasteiger partial charge in [0.05, 0.1) is 24.3 Å². The summed E-state index contributed by atoms with van der Waals surface area (Å²) in [6, 6.07) is -0.0751. The Bertz CT molecular complexity index is 374. The second kappa shape index (κ2) is 5.61. The van der Waals surface area contributed by atoms with Gasteiger partial charge >= 0.3 is 0 Å². The molecule has 2 aliphatic carbocycles. The van der Waals surface area contributed by atoms with Crippen LogP contribution >= 0.6 is 0 Å². The van der Waals surface area contributed by atoms with Gasteiger partial charge in [0.2, 0.25) is 5.91 Å². The second-order valence-corrected chi connectivity index (χ2v) is 6.26. The van der Waals surface area contributed by atoms with Crippen LogP contribution in [0, 0.1) is 5.92 Å². The van der Waals surface area contributed by atoms with Crippen molar-refractivity contribution in [2.45, 2.75) is 76.4 Å². The van der Waals surface area contributed by atoms with Gasteiger partial charge in [-0.3, -0.25) is 4.79 Å². The molecule has 2 atom stereocenters. The highest BCUT2D eigenvalue weighted by molar-refractivity contribution is 6.06. The molecule has 2 fully saturated rings. The van der Waals surface area contributed by atoms with Crippen LogP contribution in [0.1, 0.15) is 64.2 Å². The smallest absolute Gasteiger partial charge is 0.248 e. The fourth-order valence-electron chi connectivity index (χ4n) is 3.76. The van der Waals surface area contributed by atoms with Crippen molar-refractivity contribution in [1.29, 1.82) is 0 Å². The monoisotopic (exact) mass is 264 g/mol. The zero-order chi connectivity index (χ0) is 13.2. The van der Waals surface area contributed by atoms with Gasteiger partial charge in [-0.25, -0.2) is 5.01 Å². The van der Waals surface area contributed by atoms with E-state index in [9.17, 15) is 9.90 Å². The summed E-state index contributed by atoms with van der Waals surface area (Å²) in [5, 5.41) is 16.5. The molecule has 1 heterocycles. The van der Waals surface area contributed by atoms with Crippen LogP contribution in [0.15, 0.2) is 5.10 Å². The Labute approximate surface area is 114 Å². The van der Waals surface area contributed by atoms with E-state index in [0.29, 0.717) is 12.3 Å². The van der Waals surface area contributed by atoms with Crippen LogP contribution in [0.4, 0.5) is 0 Å². The minimum atomic E-state index is -0.391. The molecule has 19 heavy (non-hydrogen) atoms. The maximum absolute atomic E-state index is 12.2.